The zero-order valence-electron chi connectivity index (χ0n) is 14.2. The quantitative estimate of drug-likeness (QED) is 0.675. The zero-order chi connectivity index (χ0) is 18.0. The Hall–Kier alpha value is -1.78. The molecule has 1 unspecified atom stereocenters. The second-order valence-electron chi connectivity index (χ2n) is 6.36. The van der Waals surface area contributed by atoms with E-state index >= 15 is 0 Å². The fraction of sp³-hybridized carbons (Fsp3) is 0.368. The SMILES string of the molecule is COc1ccc(CN(C(=O)c2cnc(Cl)c(Cl)c2)C(C)C2CC2)cc1. The van der Waals surface area contributed by atoms with Crippen molar-refractivity contribution in [1.82, 2.24) is 9.88 Å². The number of ether oxygens (including phenoxy) is 1. The van der Waals surface area contributed by atoms with Gasteiger partial charge in [-0.3, -0.25) is 4.79 Å². The van der Waals surface area contributed by atoms with E-state index in [1.54, 1.807) is 13.2 Å². The molecule has 0 radical (unpaired) electrons. The summed E-state index contributed by atoms with van der Waals surface area (Å²) >= 11 is 11.9. The third kappa shape index (κ3) is 4.25. The molecule has 0 spiro atoms. The van der Waals surface area contributed by atoms with Gasteiger partial charge in [-0.15, -0.1) is 0 Å². The van der Waals surface area contributed by atoms with Gasteiger partial charge in [-0.2, -0.15) is 0 Å². The van der Waals surface area contributed by atoms with Crippen LogP contribution >= 0.6 is 23.2 Å². The van der Waals surface area contributed by atoms with Gasteiger partial charge in [-0.05, 0) is 49.4 Å². The van der Waals surface area contributed by atoms with E-state index < -0.39 is 0 Å². The maximum absolute atomic E-state index is 13.1. The van der Waals surface area contributed by atoms with Crippen LogP contribution in [0.4, 0.5) is 0 Å². The molecule has 25 heavy (non-hydrogen) atoms. The highest BCUT2D eigenvalue weighted by molar-refractivity contribution is 6.41. The van der Waals surface area contributed by atoms with E-state index in [-0.39, 0.29) is 22.1 Å². The highest BCUT2D eigenvalue weighted by Gasteiger charge is 2.34. The van der Waals surface area contributed by atoms with Gasteiger partial charge in [0, 0.05) is 18.8 Å². The van der Waals surface area contributed by atoms with Crippen molar-refractivity contribution in [3.05, 3.63) is 57.8 Å². The second kappa shape index (κ2) is 7.63. The second-order valence-corrected chi connectivity index (χ2v) is 7.12. The first-order valence-electron chi connectivity index (χ1n) is 8.24. The Kier molecular flexibility index (Phi) is 5.50. The van der Waals surface area contributed by atoms with Crippen LogP contribution in [0.2, 0.25) is 10.2 Å². The number of hydrogen-bond donors (Lipinski definition) is 0. The van der Waals surface area contributed by atoms with Crippen molar-refractivity contribution in [3.63, 3.8) is 0 Å². The molecule has 1 heterocycles. The van der Waals surface area contributed by atoms with Crippen LogP contribution in [0.1, 0.15) is 35.7 Å². The largest absolute Gasteiger partial charge is 0.497 e. The van der Waals surface area contributed by atoms with Crippen LogP contribution in [0.5, 0.6) is 5.75 Å². The Morgan fingerprint density at radius 1 is 1.32 bits per heavy atom. The number of rotatable bonds is 6. The third-order valence-corrected chi connectivity index (χ3v) is 5.30. The molecule has 1 amide bonds. The number of hydrogen-bond acceptors (Lipinski definition) is 3. The predicted octanol–water partition coefficient (Wildman–Crippen LogP) is 4.84. The molecular weight excluding hydrogens is 359 g/mol. The van der Waals surface area contributed by atoms with Crippen LogP contribution in [0.15, 0.2) is 36.5 Å². The number of halogens is 2. The van der Waals surface area contributed by atoms with Gasteiger partial charge in [0.15, 0.2) is 0 Å². The van der Waals surface area contributed by atoms with Gasteiger partial charge >= 0.3 is 0 Å². The minimum Gasteiger partial charge on any atom is -0.497 e. The van der Waals surface area contributed by atoms with Crippen molar-refractivity contribution in [2.45, 2.75) is 32.4 Å². The maximum Gasteiger partial charge on any atom is 0.256 e. The van der Waals surface area contributed by atoms with Gasteiger partial charge in [0.05, 0.1) is 17.7 Å². The Bertz CT molecular complexity index is 761. The van der Waals surface area contributed by atoms with Gasteiger partial charge in [0.1, 0.15) is 10.9 Å². The zero-order valence-corrected chi connectivity index (χ0v) is 15.7. The minimum absolute atomic E-state index is 0.0821. The van der Waals surface area contributed by atoms with Gasteiger partial charge in [0.2, 0.25) is 0 Å². The van der Waals surface area contributed by atoms with Gasteiger partial charge < -0.3 is 9.64 Å². The number of carbonyl (C=O) groups is 1. The molecule has 4 nitrogen and oxygen atoms in total. The summed E-state index contributed by atoms with van der Waals surface area (Å²) in [6.07, 6.45) is 3.80. The molecule has 1 aliphatic rings. The summed E-state index contributed by atoms with van der Waals surface area (Å²) in [7, 11) is 1.64. The lowest BCUT2D eigenvalue weighted by molar-refractivity contribution is 0.0654. The van der Waals surface area contributed by atoms with Crippen LogP contribution in [-0.2, 0) is 6.54 Å². The third-order valence-electron chi connectivity index (χ3n) is 4.61. The lowest BCUT2D eigenvalue weighted by Crippen LogP contribution is -2.39. The van der Waals surface area contributed by atoms with E-state index in [0.29, 0.717) is 18.0 Å². The van der Waals surface area contributed by atoms with E-state index in [1.807, 2.05) is 29.2 Å². The monoisotopic (exact) mass is 378 g/mol. The number of benzene rings is 1. The fourth-order valence-electron chi connectivity index (χ4n) is 2.87. The number of pyridine rings is 1. The van der Waals surface area contributed by atoms with E-state index in [9.17, 15) is 4.79 Å². The first kappa shape index (κ1) is 18.0. The van der Waals surface area contributed by atoms with Gasteiger partial charge in [-0.25, -0.2) is 4.98 Å². The summed E-state index contributed by atoms with van der Waals surface area (Å²) in [5.74, 6) is 1.27. The van der Waals surface area contributed by atoms with Crippen molar-refractivity contribution >= 4 is 29.1 Å². The molecule has 0 bridgehead atoms. The molecule has 6 heteroatoms. The normalized spacial score (nSPS) is 14.9. The molecule has 1 aliphatic carbocycles. The number of nitrogens with zero attached hydrogens (tertiary/aromatic N) is 2. The molecule has 1 fully saturated rings. The highest BCUT2D eigenvalue weighted by atomic mass is 35.5. The minimum atomic E-state index is -0.0821. The van der Waals surface area contributed by atoms with Crippen molar-refractivity contribution in [2.75, 3.05) is 7.11 Å². The summed E-state index contributed by atoms with van der Waals surface area (Å²) in [6.45, 7) is 2.63. The lowest BCUT2D eigenvalue weighted by Gasteiger charge is -2.30. The van der Waals surface area contributed by atoms with Crippen molar-refractivity contribution in [3.8, 4) is 5.75 Å². The molecule has 1 saturated carbocycles. The molecule has 2 aromatic rings. The number of amides is 1. The molecule has 132 valence electrons. The summed E-state index contributed by atoms with van der Waals surface area (Å²) in [5, 5.41) is 0.492. The van der Waals surface area contributed by atoms with Crippen molar-refractivity contribution in [2.24, 2.45) is 5.92 Å². The average molecular weight is 379 g/mol. The molecule has 1 atom stereocenters. The van der Waals surface area contributed by atoms with E-state index in [1.165, 1.54) is 6.20 Å². The summed E-state index contributed by atoms with van der Waals surface area (Å²) < 4.78 is 5.20. The van der Waals surface area contributed by atoms with Crippen molar-refractivity contribution in [1.29, 1.82) is 0 Å². The topological polar surface area (TPSA) is 42.4 Å². The summed E-state index contributed by atoms with van der Waals surface area (Å²) in [4.78, 5) is 19.0. The average Bonchev–Trinajstić information content (AvgIpc) is 3.46. The molecule has 0 aliphatic heterocycles. The molecule has 1 aromatic heterocycles. The van der Waals surface area contributed by atoms with Crippen LogP contribution in [0.3, 0.4) is 0 Å². The maximum atomic E-state index is 13.1. The number of carbonyl (C=O) groups excluding carboxylic acids is 1. The fourth-order valence-corrected chi connectivity index (χ4v) is 3.14. The predicted molar refractivity (Wildman–Crippen MR) is 99.3 cm³/mol. The highest BCUT2D eigenvalue weighted by Crippen LogP contribution is 2.36. The summed E-state index contributed by atoms with van der Waals surface area (Å²) in [6, 6.07) is 9.50. The first-order chi connectivity index (χ1) is 12.0. The van der Waals surface area contributed by atoms with E-state index in [0.717, 1.165) is 24.2 Å². The Balaban J connectivity index is 1.85. The molecular formula is C19H20Cl2N2O2. The first-order valence-corrected chi connectivity index (χ1v) is 9.00. The summed E-state index contributed by atoms with van der Waals surface area (Å²) in [5.41, 5.74) is 1.50. The Morgan fingerprint density at radius 3 is 2.56 bits per heavy atom. The van der Waals surface area contributed by atoms with Crippen LogP contribution in [0, 0.1) is 5.92 Å². The van der Waals surface area contributed by atoms with Gasteiger partial charge in [-0.1, -0.05) is 35.3 Å². The lowest BCUT2D eigenvalue weighted by atomic mass is 10.1. The van der Waals surface area contributed by atoms with Crippen LogP contribution in [0.25, 0.3) is 0 Å². The van der Waals surface area contributed by atoms with E-state index in [2.05, 4.69) is 11.9 Å². The Morgan fingerprint density at radius 2 is 2.00 bits per heavy atom. The van der Waals surface area contributed by atoms with Crippen LogP contribution < -0.4 is 4.74 Å². The molecule has 0 saturated heterocycles. The molecule has 1 aromatic carbocycles. The van der Waals surface area contributed by atoms with E-state index in [4.69, 9.17) is 27.9 Å². The smallest absolute Gasteiger partial charge is 0.256 e. The molecule has 0 N–H and O–H groups in total. The van der Waals surface area contributed by atoms with Crippen LogP contribution in [-0.4, -0.2) is 28.9 Å². The number of aromatic nitrogens is 1. The Labute approximate surface area is 157 Å². The van der Waals surface area contributed by atoms with Crippen molar-refractivity contribution < 1.29 is 9.53 Å². The standard InChI is InChI=1S/C19H20Cl2N2O2/c1-12(14-5-6-14)23(11-13-3-7-16(25-2)8-4-13)19(24)15-9-17(20)18(21)22-10-15/h3-4,7-10,12,14H,5-6,11H2,1-2H3. The van der Waals surface area contributed by atoms with Gasteiger partial charge in [0.25, 0.3) is 5.91 Å². The number of methoxy groups -OCH3 is 1. The molecule has 3 rings (SSSR count).